The van der Waals surface area contributed by atoms with Gasteiger partial charge in [-0.2, -0.15) is 0 Å². The smallest absolute Gasteiger partial charge is 0.105 e. The predicted molar refractivity (Wildman–Crippen MR) is 78.6 cm³/mol. The van der Waals surface area contributed by atoms with E-state index in [-0.39, 0.29) is 6.10 Å². The maximum Gasteiger partial charge on any atom is 0.105 e. The molecule has 0 saturated carbocycles. The third-order valence-corrected chi connectivity index (χ3v) is 3.96. The number of ether oxygens (including phenoxy) is 1. The second-order valence-electron chi connectivity index (χ2n) is 5.28. The molecule has 1 aromatic heterocycles. The molecule has 106 valence electrons. The number of hydrogen-bond acceptors (Lipinski definition) is 3. The molecule has 0 radical (unpaired) electrons. The normalized spacial score (nSPS) is 17.9. The van der Waals surface area contributed by atoms with Crippen LogP contribution in [-0.2, 0) is 17.7 Å². The van der Waals surface area contributed by atoms with Gasteiger partial charge in [0.25, 0.3) is 0 Å². The molecular weight excluding hydrogens is 250 g/mol. The summed E-state index contributed by atoms with van der Waals surface area (Å²) in [6.07, 6.45) is 4.02. The van der Waals surface area contributed by atoms with E-state index in [1.54, 1.807) is 6.26 Å². The van der Waals surface area contributed by atoms with Crippen molar-refractivity contribution in [3.63, 3.8) is 0 Å². The van der Waals surface area contributed by atoms with Gasteiger partial charge in [0.2, 0.25) is 0 Å². The molecule has 2 heterocycles. The Labute approximate surface area is 119 Å². The minimum absolute atomic E-state index is 0.234. The van der Waals surface area contributed by atoms with Gasteiger partial charge in [-0.3, -0.25) is 0 Å². The first-order valence-corrected chi connectivity index (χ1v) is 7.27. The van der Waals surface area contributed by atoms with Crippen molar-refractivity contribution in [2.45, 2.75) is 32.4 Å². The van der Waals surface area contributed by atoms with E-state index in [1.165, 1.54) is 16.7 Å². The Kier molecular flexibility index (Phi) is 4.19. The Morgan fingerprint density at radius 1 is 1.25 bits per heavy atom. The van der Waals surface area contributed by atoms with E-state index in [1.807, 2.05) is 13.0 Å². The number of nitrogens with one attached hydrogen (secondary N) is 1. The molecule has 3 nitrogen and oxygen atoms in total. The zero-order valence-corrected chi connectivity index (χ0v) is 11.9. The highest BCUT2D eigenvalue weighted by molar-refractivity contribution is 5.30. The lowest BCUT2D eigenvalue weighted by atomic mass is 9.96. The molecule has 2 aromatic rings. The second-order valence-corrected chi connectivity index (χ2v) is 5.28. The van der Waals surface area contributed by atoms with Gasteiger partial charge in [0, 0.05) is 12.1 Å². The average molecular weight is 271 g/mol. The van der Waals surface area contributed by atoms with E-state index in [0.29, 0.717) is 0 Å². The number of fused-ring (bicyclic) bond motifs is 1. The summed E-state index contributed by atoms with van der Waals surface area (Å²) in [6, 6.07) is 10.6. The summed E-state index contributed by atoms with van der Waals surface area (Å²) in [4.78, 5) is 0. The molecule has 0 aliphatic carbocycles. The van der Waals surface area contributed by atoms with Crippen molar-refractivity contribution < 1.29 is 9.15 Å². The zero-order chi connectivity index (χ0) is 13.8. The van der Waals surface area contributed by atoms with Gasteiger partial charge >= 0.3 is 0 Å². The predicted octanol–water partition coefficient (Wildman–Crippen LogP) is 3.38. The van der Waals surface area contributed by atoms with Crippen molar-refractivity contribution in [3.8, 4) is 0 Å². The average Bonchev–Trinajstić information content (AvgIpc) is 2.89. The first kappa shape index (κ1) is 13.4. The highest BCUT2D eigenvalue weighted by atomic mass is 16.5. The van der Waals surface area contributed by atoms with Crippen molar-refractivity contribution in [3.05, 3.63) is 59.0 Å². The van der Waals surface area contributed by atoms with E-state index in [4.69, 9.17) is 9.15 Å². The topological polar surface area (TPSA) is 34.4 Å². The van der Waals surface area contributed by atoms with Crippen molar-refractivity contribution in [2.24, 2.45) is 0 Å². The third-order valence-electron chi connectivity index (χ3n) is 3.96. The molecule has 3 heteroatoms. The number of rotatable bonds is 5. The SMILES string of the molecule is Cc1occc1CNCCC1OCCc2ccccc21. The van der Waals surface area contributed by atoms with Crippen LogP contribution in [0.3, 0.4) is 0 Å². The zero-order valence-electron chi connectivity index (χ0n) is 11.9. The van der Waals surface area contributed by atoms with Crippen LogP contribution in [0.4, 0.5) is 0 Å². The van der Waals surface area contributed by atoms with Crippen LogP contribution in [0.2, 0.25) is 0 Å². The van der Waals surface area contributed by atoms with E-state index in [0.717, 1.165) is 38.3 Å². The van der Waals surface area contributed by atoms with E-state index in [9.17, 15) is 0 Å². The monoisotopic (exact) mass is 271 g/mol. The molecule has 1 unspecified atom stereocenters. The Bertz CT molecular complexity index is 562. The summed E-state index contributed by atoms with van der Waals surface area (Å²) in [5.74, 6) is 0.997. The van der Waals surface area contributed by atoms with Gasteiger partial charge in [-0.1, -0.05) is 24.3 Å². The summed E-state index contributed by atoms with van der Waals surface area (Å²) in [5, 5.41) is 3.47. The molecule has 1 aromatic carbocycles. The maximum absolute atomic E-state index is 5.91. The Morgan fingerprint density at radius 2 is 2.15 bits per heavy atom. The fraction of sp³-hybridized carbons (Fsp3) is 0.412. The second kappa shape index (κ2) is 6.25. The minimum Gasteiger partial charge on any atom is -0.469 e. The summed E-state index contributed by atoms with van der Waals surface area (Å²) >= 11 is 0. The molecule has 3 rings (SSSR count). The van der Waals surface area contributed by atoms with E-state index < -0.39 is 0 Å². The molecule has 0 spiro atoms. The molecule has 1 aliphatic rings. The summed E-state index contributed by atoms with van der Waals surface area (Å²) in [5.41, 5.74) is 4.03. The van der Waals surface area contributed by atoms with Gasteiger partial charge < -0.3 is 14.5 Å². The van der Waals surface area contributed by atoms with Crippen molar-refractivity contribution >= 4 is 0 Å². The van der Waals surface area contributed by atoms with E-state index in [2.05, 4.69) is 29.6 Å². The minimum atomic E-state index is 0.234. The third kappa shape index (κ3) is 2.94. The number of furan rings is 1. The molecular formula is C17H21NO2. The Balaban J connectivity index is 1.51. The Hall–Kier alpha value is -1.58. The van der Waals surface area contributed by atoms with Crippen LogP contribution in [0.25, 0.3) is 0 Å². The standard InChI is InChI=1S/C17H21NO2/c1-13-15(8-10-19-13)12-18-9-6-17-16-5-3-2-4-14(16)7-11-20-17/h2-5,8,10,17-18H,6-7,9,11-12H2,1H3. The summed E-state index contributed by atoms with van der Waals surface area (Å²) in [6.45, 7) is 4.64. The molecule has 20 heavy (non-hydrogen) atoms. The molecule has 0 fully saturated rings. The lowest BCUT2D eigenvalue weighted by molar-refractivity contribution is 0.0367. The number of aryl methyl sites for hydroxylation is 1. The van der Waals surface area contributed by atoms with Crippen LogP contribution in [-0.4, -0.2) is 13.2 Å². The van der Waals surface area contributed by atoms with Gasteiger partial charge in [-0.15, -0.1) is 0 Å². The van der Waals surface area contributed by atoms with Crippen LogP contribution in [0.1, 0.15) is 35.0 Å². The van der Waals surface area contributed by atoms with Crippen molar-refractivity contribution in [2.75, 3.05) is 13.2 Å². The van der Waals surface area contributed by atoms with Crippen LogP contribution < -0.4 is 5.32 Å². The first-order chi connectivity index (χ1) is 9.84. The molecule has 0 amide bonds. The van der Waals surface area contributed by atoms with Gasteiger partial charge in [0.1, 0.15) is 5.76 Å². The van der Waals surface area contributed by atoms with E-state index >= 15 is 0 Å². The number of hydrogen-bond donors (Lipinski definition) is 1. The molecule has 1 atom stereocenters. The van der Waals surface area contributed by atoms with Gasteiger partial charge in [-0.25, -0.2) is 0 Å². The molecule has 0 saturated heterocycles. The molecule has 1 N–H and O–H groups in total. The summed E-state index contributed by atoms with van der Waals surface area (Å²) < 4.78 is 11.2. The van der Waals surface area contributed by atoms with Crippen LogP contribution in [0.5, 0.6) is 0 Å². The van der Waals surface area contributed by atoms with Crippen LogP contribution in [0.15, 0.2) is 41.0 Å². The van der Waals surface area contributed by atoms with Gasteiger partial charge in [0.15, 0.2) is 0 Å². The fourth-order valence-electron chi connectivity index (χ4n) is 2.77. The highest BCUT2D eigenvalue weighted by Gasteiger charge is 2.19. The van der Waals surface area contributed by atoms with Crippen molar-refractivity contribution in [1.82, 2.24) is 5.32 Å². The molecule has 1 aliphatic heterocycles. The van der Waals surface area contributed by atoms with Gasteiger partial charge in [0.05, 0.1) is 19.0 Å². The summed E-state index contributed by atoms with van der Waals surface area (Å²) in [7, 11) is 0. The quantitative estimate of drug-likeness (QED) is 0.847. The fourth-order valence-corrected chi connectivity index (χ4v) is 2.77. The highest BCUT2D eigenvalue weighted by Crippen LogP contribution is 2.28. The number of benzene rings is 1. The van der Waals surface area contributed by atoms with Crippen LogP contribution >= 0.6 is 0 Å². The van der Waals surface area contributed by atoms with Crippen LogP contribution in [0, 0.1) is 6.92 Å². The lowest BCUT2D eigenvalue weighted by Gasteiger charge is -2.26. The van der Waals surface area contributed by atoms with Gasteiger partial charge in [-0.05, 0) is 43.5 Å². The Morgan fingerprint density at radius 3 is 3.00 bits per heavy atom. The maximum atomic E-state index is 5.91. The lowest BCUT2D eigenvalue weighted by Crippen LogP contribution is -2.22. The largest absolute Gasteiger partial charge is 0.469 e. The molecule has 0 bridgehead atoms. The van der Waals surface area contributed by atoms with Crippen molar-refractivity contribution in [1.29, 1.82) is 0 Å². The first-order valence-electron chi connectivity index (χ1n) is 7.27.